The Kier molecular flexibility index (Phi) is 4.94. The number of nitrogens with zero attached hydrogens (tertiary/aromatic N) is 2. The summed E-state index contributed by atoms with van der Waals surface area (Å²) in [5, 5.41) is 3.10. The van der Waals surface area contributed by atoms with Crippen molar-refractivity contribution in [2.75, 3.05) is 18.4 Å². The molecule has 132 valence electrons. The van der Waals surface area contributed by atoms with E-state index in [4.69, 9.17) is 16.3 Å². The molecule has 0 radical (unpaired) electrons. The first-order valence-electron chi connectivity index (χ1n) is 7.50. The molecule has 3 rings (SSSR count). The Balaban J connectivity index is 1.60. The van der Waals surface area contributed by atoms with Crippen LogP contribution in [0.4, 0.5) is 5.69 Å². The molecule has 1 fully saturated rings. The minimum atomic E-state index is -3.58. The summed E-state index contributed by atoms with van der Waals surface area (Å²) in [5.74, 6) is 0.195. The molecular formula is C16H16ClN3O4S. The number of nitrogens with one attached hydrogen (secondary N) is 1. The molecule has 0 unspecified atom stereocenters. The van der Waals surface area contributed by atoms with Gasteiger partial charge in [0.2, 0.25) is 21.8 Å². The molecule has 1 amide bonds. The fourth-order valence-corrected chi connectivity index (χ4v) is 3.95. The summed E-state index contributed by atoms with van der Waals surface area (Å²) in [5.41, 5.74) is 0.546. The summed E-state index contributed by atoms with van der Waals surface area (Å²) < 4.78 is 32.0. The van der Waals surface area contributed by atoms with E-state index in [0.717, 1.165) is 0 Å². The molecule has 1 saturated heterocycles. The second kappa shape index (κ2) is 6.99. The zero-order chi connectivity index (χ0) is 18.0. The van der Waals surface area contributed by atoms with Gasteiger partial charge in [-0.2, -0.15) is 4.31 Å². The van der Waals surface area contributed by atoms with Gasteiger partial charge < -0.3 is 10.1 Å². The normalized spacial score (nSPS) is 15.4. The average Bonchev–Trinajstić information content (AvgIpc) is 2.52. The molecule has 2 aromatic rings. The van der Waals surface area contributed by atoms with E-state index >= 15 is 0 Å². The number of benzene rings is 1. The third-order valence-electron chi connectivity index (χ3n) is 3.61. The zero-order valence-corrected chi connectivity index (χ0v) is 14.9. The number of hydrogen-bond donors (Lipinski definition) is 1. The maximum absolute atomic E-state index is 12.5. The lowest BCUT2D eigenvalue weighted by Gasteiger charge is -2.37. The first-order chi connectivity index (χ1) is 11.8. The van der Waals surface area contributed by atoms with Gasteiger partial charge in [-0.1, -0.05) is 11.6 Å². The molecule has 1 aromatic heterocycles. The number of aromatic nitrogens is 1. The lowest BCUT2D eigenvalue weighted by atomic mass is 10.2. The summed E-state index contributed by atoms with van der Waals surface area (Å²) in [7, 11) is -3.58. The summed E-state index contributed by atoms with van der Waals surface area (Å²) in [6.07, 6.45) is 1.22. The van der Waals surface area contributed by atoms with Crippen molar-refractivity contribution in [1.82, 2.24) is 9.29 Å². The van der Waals surface area contributed by atoms with Crippen LogP contribution >= 0.6 is 11.6 Å². The first-order valence-corrected chi connectivity index (χ1v) is 9.32. The molecule has 1 aliphatic heterocycles. The predicted octanol–water partition coefficient (Wildman–Crippen LogP) is 2.15. The van der Waals surface area contributed by atoms with Crippen LogP contribution in [0.1, 0.15) is 6.92 Å². The monoisotopic (exact) mass is 381 g/mol. The number of pyridine rings is 1. The summed E-state index contributed by atoms with van der Waals surface area (Å²) >= 11 is 5.76. The van der Waals surface area contributed by atoms with Crippen molar-refractivity contribution in [2.45, 2.75) is 17.9 Å². The Morgan fingerprint density at radius 2 is 1.92 bits per heavy atom. The number of anilines is 1. The van der Waals surface area contributed by atoms with Gasteiger partial charge in [-0.15, -0.1) is 0 Å². The summed E-state index contributed by atoms with van der Waals surface area (Å²) in [4.78, 5) is 15.2. The van der Waals surface area contributed by atoms with E-state index in [9.17, 15) is 13.2 Å². The second-order valence-corrected chi connectivity index (χ2v) is 7.96. The quantitative estimate of drug-likeness (QED) is 0.857. The molecule has 25 heavy (non-hydrogen) atoms. The van der Waals surface area contributed by atoms with Gasteiger partial charge in [0.05, 0.1) is 23.0 Å². The highest BCUT2D eigenvalue weighted by molar-refractivity contribution is 7.89. The Labute approximate surface area is 150 Å². The van der Waals surface area contributed by atoms with Gasteiger partial charge in [0.25, 0.3) is 0 Å². The minimum Gasteiger partial charge on any atom is -0.472 e. The molecule has 0 atom stereocenters. The predicted molar refractivity (Wildman–Crippen MR) is 93.2 cm³/mol. The van der Waals surface area contributed by atoms with Gasteiger partial charge in [-0.05, 0) is 30.3 Å². The van der Waals surface area contributed by atoms with E-state index in [0.29, 0.717) is 16.6 Å². The molecule has 0 aliphatic carbocycles. The van der Waals surface area contributed by atoms with Crippen LogP contribution in [0.2, 0.25) is 5.02 Å². The number of carbonyl (C=O) groups is 1. The maximum atomic E-state index is 12.5. The van der Waals surface area contributed by atoms with Crippen molar-refractivity contribution >= 4 is 33.2 Å². The van der Waals surface area contributed by atoms with Crippen LogP contribution in [-0.4, -0.2) is 42.8 Å². The number of carbonyl (C=O) groups excluding carboxylic acids is 1. The molecule has 9 heteroatoms. The fraction of sp³-hybridized carbons (Fsp3) is 0.250. The zero-order valence-electron chi connectivity index (χ0n) is 13.3. The van der Waals surface area contributed by atoms with Crippen molar-refractivity contribution in [1.29, 1.82) is 0 Å². The third-order valence-corrected chi connectivity index (χ3v) is 5.68. The highest BCUT2D eigenvalue weighted by Gasteiger charge is 2.38. The van der Waals surface area contributed by atoms with Gasteiger partial charge in [-0.25, -0.2) is 13.4 Å². The molecule has 0 saturated carbocycles. The van der Waals surface area contributed by atoms with Crippen LogP contribution in [0.3, 0.4) is 0 Å². The minimum absolute atomic E-state index is 0.171. The largest absolute Gasteiger partial charge is 0.472 e. The molecule has 1 N–H and O–H groups in total. The fourth-order valence-electron chi connectivity index (χ4n) is 2.34. The number of rotatable bonds is 5. The molecule has 7 nitrogen and oxygen atoms in total. The van der Waals surface area contributed by atoms with Crippen molar-refractivity contribution < 1.29 is 17.9 Å². The number of sulfonamides is 1. The third kappa shape index (κ3) is 4.09. The van der Waals surface area contributed by atoms with Crippen LogP contribution < -0.4 is 10.1 Å². The molecule has 2 heterocycles. The molecule has 1 aromatic carbocycles. The van der Waals surface area contributed by atoms with E-state index in [2.05, 4.69) is 10.3 Å². The highest BCUT2D eigenvalue weighted by Crippen LogP contribution is 2.25. The molecule has 0 bridgehead atoms. The van der Waals surface area contributed by atoms with Crippen molar-refractivity contribution in [2.24, 2.45) is 0 Å². The summed E-state index contributed by atoms with van der Waals surface area (Å²) in [6, 6.07) is 9.35. The Morgan fingerprint density at radius 3 is 2.48 bits per heavy atom. The summed E-state index contributed by atoms with van der Waals surface area (Å²) in [6.45, 7) is 1.89. The van der Waals surface area contributed by atoms with Crippen LogP contribution in [0.5, 0.6) is 5.88 Å². The van der Waals surface area contributed by atoms with Crippen molar-refractivity contribution in [3.05, 3.63) is 47.6 Å². The number of halogens is 1. The van der Waals surface area contributed by atoms with Crippen molar-refractivity contribution in [3.63, 3.8) is 0 Å². The molecule has 0 spiro atoms. The number of amides is 1. The van der Waals surface area contributed by atoms with Gasteiger partial charge in [0.15, 0.2) is 0 Å². The SMILES string of the molecule is CC(=O)Nc1ccc(S(=O)(=O)N2CC(Oc3ccc(Cl)cn3)C2)cc1. The lowest BCUT2D eigenvalue weighted by molar-refractivity contribution is -0.114. The lowest BCUT2D eigenvalue weighted by Crippen LogP contribution is -2.56. The van der Waals surface area contributed by atoms with Crippen molar-refractivity contribution in [3.8, 4) is 5.88 Å². The van der Waals surface area contributed by atoms with E-state index in [1.165, 1.54) is 29.6 Å². The van der Waals surface area contributed by atoms with E-state index in [-0.39, 0.29) is 30.0 Å². The number of ether oxygens (including phenoxy) is 1. The van der Waals surface area contributed by atoms with Crippen LogP contribution in [0.25, 0.3) is 0 Å². The van der Waals surface area contributed by atoms with Gasteiger partial charge in [0.1, 0.15) is 6.10 Å². The standard InChI is InChI=1S/C16H16ClN3O4S/c1-11(21)19-13-3-5-15(6-4-13)25(22,23)20-9-14(10-20)24-16-7-2-12(17)8-18-16/h2-8,14H,9-10H2,1H3,(H,19,21). The Morgan fingerprint density at radius 1 is 1.24 bits per heavy atom. The Bertz CT molecular complexity index is 863. The van der Waals surface area contributed by atoms with Gasteiger partial charge in [0, 0.05) is 24.9 Å². The van der Waals surface area contributed by atoms with E-state index < -0.39 is 10.0 Å². The smallest absolute Gasteiger partial charge is 0.243 e. The van der Waals surface area contributed by atoms with Gasteiger partial charge >= 0.3 is 0 Å². The average molecular weight is 382 g/mol. The Hall–Kier alpha value is -2.16. The van der Waals surface area contributed by atoms with Crippen LogP contribution in [0, 0.1) is 0 Å². The van der Waals surface area contributed by atoms with Gasteiger partial charge in [-0.3, -0.25) is 4.79 Å². The van der Waals surface area contributed by atoms with Crippen LogP contribution in [-0.2, 0) is 14.8 Å². The maximum Gasteiger partial charge on any atom is 0.243 e. The molecular weight excluding hydrogens is 366 g/mol. The first kappa shape index (κ1) is 17.7. The topological polar surface area (TPSA) is 88.6 Å². The van der Waals surface area contributed by atoms with E-state index in [1.807, 2.05) is 0 Å². The second-order valence-electron chi connectivity index (χ2n) is 5.58. The molecule has 1 aliphatic rings. The van der Waals surface area contributed by atoms with E-state index in [1.54, 1.807) is 24.3 Å². The highest BCUT2D eigenvalue weighted by atomic mass is 35.5. The van der Waals surface area contributed by atoms with Crippen LogP contribution in [0.15, 0.2) is 47.5 Å². The number of hydrogen-bond acceptors (Lipinski definition) is 5.